The van der Waals surface area contributed by atoms with Gasteiger partial charge in [0.25, 0.3) is 5.79 Å². The maximum absolute atomic E-state index is 12.5. The third kappa shape index (κ3) is 1.66. The van der Waals surface area contributed by atoms with E-state index in [-0.39, 0.29) is 11.7 Å². The summed E-state index contributed by atoms with van der Waals surface area (Å²) in [5.41, 5.74) is 1.38. The third-order valence-corrected chi connectivity index (χ3v) is 5.72. The molecular formula is C17H22O5. The Bertz CT molecular complexity index is 617. The van der Waals surface area contributed by atoms with Gasteiger partial charge in [0.1, 0.15) is 0 Å². The van der Waals surface area contributed by atoms with Crippen molar-refractivity contribution >= 4 is 11.8 Å². The van der Waals surface area contributed by atoms with Crippen molar-refractivity contribution in [3.05, 3.63) is 22.8 Å². The average molecular weight is 306 g/mol. The predicted octanol–water partition coefficient (Wildman–Crippen LogP) is 2.16. The molecule has 1 aliphatic heterocycles. The number of esters is 1. The second-order valence-corrected chi connectivity index (χ2v) is 6.62. The minimum absolute atomic E-state index is 0.0822. The van der Waals surface area contributed by atoms with Gasteiger partial charge in [0.15, 0.2) is 5.78 Å². The zero-order valence-corrected chi connectivity index (χ0v) is 13.7. The van der Waals surface area contributed by atoms with Crippen molar-refractivity contribution in [2.45, 2.75) is 45.5 Å². The highest BCUT2D eigenvalue weighted by molar-refractivity contribution is 6.00. The fraction of sp³-hybridized carbons (Fsp3) is 0.647. The van der Waals surface area contributed by atoms with Gasteiger partial charge in [0, 0.05) is 42.8 Å². The van der Waals surface area contributed by atoms with Gasteiger partial charge in [-0.2, -0.15) is 0 Å². The molecule has 0 spiro atoms. The van der Waals surface area contributed by atoms with E-state index < -0.39 is 23.3 Å². The van der Waals surface area contributed by atoms with Crippen LogP contribution < -0.4 is 0 Å². The van der Waals surface area contributed by atoms with Gasteiger partial charge in [0.05, 0.1) is 6.10 Å². The number of fused-ring (bicyclic) bond motifs is 2. The summed E-state index contributed by atoms with van der Waals surface area (Å²) in [6.45, 7) is 5.89. The molecule has 5 nitrogen and oxygen atoms in total. The molecule has 22 heavy (non-hydrogen) atoms. The van der Waals surface area contributed by atoms with E-state index in [2.05, 4.69) is 6.92 Å². The minimum Gasteiger partial charge on any atom is -0.422 e. The summed E-state index contributed by atoms with van der Waals surface area (Å²) in [6, 6.07) is 0. The number of ether oxygens (including phenoxy) is 3. The van der Waals surface area contributed by atoms with Gasteiger partial charge < -0.3 is 14.2 Å². The molecule has 0 N–H and O–H groups in total. The van der Waals surface area contributed by atoms with Crippen molar-refractivity contribution in [2.24, 2.45) is 11.3 Å². The zero-order valence-electron chi connectivity index (χ0n) is 13.7. The highest BCUT2D eigenvalue weighted by Crippen LogP contribution is 2.57. The van der Waals surface area contributed by atoms with E-state index in [9.17, 15) is 9.59 Å². The zero-order chi connectivity index (χ0) is 16.3. The van der Waals surface area contributed by atoms with Crippen LogP contribution in [0.5, 0.6) is 0 Å². The molecule has 0 aromatic carbocycles. The van der Waals surface area contributed by atoms with E-state index in [0.29, 0.717) is 23.1 Å². The largest absolute Gasteiger partial charge is 0.422 e. The van der Waals surface area contributed by atoms with E-state index in [0.717, 1.165) is 6.42 Å². The first-order chi connectivity index (χ1) is 10.3. The third-order valence-electron chi connectivity index (χ3n) is 5.72. The number of ketones is 1. The van der Waals surface area contributed by atoms with Gasteiger partial charge in [-0.15, -0.1) is 0 Å². The van der Waals surface area contributed by atoms with Crippen LogP contribution in [0.15, 0.2) is 22.8 Å². The molecule has 120 valence electrons. The van der Waals surface area contributed by atoms with Crippen LogP contribution in [0.3, 0.4) is 0 Å². The van der Waals surface area contributed by atoms with Crippen LogP contribution in [0.25, 0.3) is 0 Å². The molecule has 1 heterocycles. The Morgan fingerprint density at radius 2 is 2.00 bits per heavy atom. The lowest BCUT2D eigenvalue weighted by molar-refractivity contribution is -0.185. The molecule has 2 aliphatic carbocycles. The number of Topliss-reactive ketones (excluding diaryl/α,β-unsaturated/α-hetero) is 1. The Morgan fingerprint density at radius 3 is 2.59 bits per heavy atom. The van der Waals surface area contributed by atoms with Crippen LogP contribution in [0.2, 0.25) is 0 Å². The van der Waals surface area contributed by atoms with Crippen molar-refractivity contribution in [3.8, 4) is 0 Å². The van der Waals surface area contributed by atoms with Crippen LogP contribution in [0, 0.1) is 11.3 Å². The lowest BCUT2D eigenvalue weighted by atomic mass is 9.56. The Labute approximate surface area is 130 Å². The normalized spacial score (nSPS) is 41.0. The molecule has 0 aromatic heterocycles. The van der Waals surface area contributed by atoms with E-state index in [1.807, 2.05) is 6.92 Å². The minimum atomic E-state index is -1.30. The maximum Gasteiger partial charge on any atom is 0.337 e. The molecule has 0 amide bonds. The number of carbonyl (C=O) groups excluding carboxylic acids is 2. The first kappa shape index (κ1) is 15.4. The molecule has 0 radical (unpaired) electrons. The van der Waals surface area contributed by atoms with Crippen LogP contribution >= 0.6 is 0 Å². The summed E-state index contributed by atoms with van der Waals surface area (Å²) in [5, 5.41) is 0. The van der Waals surface area contributed by atoms with E-state index >= 15 is 0 Å². The molecule has 5 heteroatoms. The average Bonchev–Trinajstić information content (AvgIpc) is 2.75. The van der Waals surface area contributed by atoms with Gasteiger partial charge in [-0.1, -0.05) is 13.8 Å². The summed E-state index contributed by atoms with van der Waals surface area (Å²) in [6.07, 6.45) is 2.60. The summed E-state index contributed by atoms with van der Waals surface area (Å²) in [5.74, 6) is -1.38. The van der Waals surface area contributed by atoms with Gasteiger partial charge in [0.2, 0.25) is 0 Å². The van der Waals surface area contributed by atoms with Gasteiger partial charge in [-0.25, -0.2) is 4.79 Å². The first-order valence-corrected chi connectivity index (χ1v) is 7.61. The van der Waals surface area contributed by atoms with Crippen molar-refractivity contribution < 1.29 is 23.8 Å². The summed E-state index contributed by atoms with van der Waals surface area (Å²) in [7, 11) is 3.09. The summed E-state index contributed by atoms with van der Waals surface area (Å²) < 4.78 is 16.8. The van der Waals surface area contributed by atoms with Crippen molar-refractivity contribution in [1.82, 2.24) is 0 Å². The number of hydrogen-bond acceptors (Lipinski definition) is 5. The molecule has 0 bridgehead atoms. The molecular weight excluding hydrogens is 284 g/mol. The molecule has 3 aliphatic rings. The number of hydrogen-bond donors (Lipinski definition) is 0. The van der Waals surface area contributed by atoms with Crippen LogP contribution in [-0.4, -0.2) is 37.9 Å². The Hall–Kier alpha value is -1.46. The van der Waals surface area contributed by atoms with Crippen molar-refractivity contribution in [3.63, 3.8) is 0 Å². The second kappa shape index (κ2) is 4.77. The SMILES string of the molecule is CO[C@@H]1C2=C(C)C(=O)O[C@@]2(OC)C=C2C(=O)CC[C@H](C)[C@]21C. The fourth-order valence-electron chi connectivity index (χ4n) is 4.17. The van der Waals surface area contributed by atoms with Crippen LogP contribution in [0.4, 0.5) is 0 Å². The second-order valence-electron chi connectivity index (χ2n) is 6.62. The molecule has 0 unspecified atom stereocenters. The molecule has 3 rings (SSSR count). The fourth-order valence-corrected chi connectivity index (χ4v) is 4.17. The van der Waals surface area contributed by atoms with Crippen molar-refractivity contribution in [1.29, 1.82) is 0 Å². The highest BCUT2D eigenvalue weighted by Gasteiger charge is 2.61. The standard InChI is InChI=1S/C17H22O5/c1-9-6-7-12(18)11-8-17(21-5)13(10(2)15(19)22-17)14(20-4)16(9,11)3/h8-9,14H,6-7H2,1-5H3/t9-,14+,16+,17-/m0/s1. The summed E-state index contributed by atoms with van der Waals surface area (Å²) in [4.78, 5) is 24.6. The molecule has 1 fully saturated rings. The first-order valence-electron chi connectivity index (χ1n) is 7.61. The van der Waals surface area contributed by atoms with Crippen molar-refractivity contribution in [2.75, 3.05) is 14.2 Å². The summed E-state index contributed by atoms with van der Waals surface area (Å²) >= 11 is 0. The predicted molar refractivity (Wildman–Crippen MR) is 78.9 cm³/mol. The number of methoxy groups -OCH3 is 2. The van der Waals surface area contributed by atoms with Gasteiger partial charge in [-0.3, -0.25) is 4.79 Å². The Morgan fingerprint density at radius 1 is 1.32 bits per heavy atom. The van der Waals surface area contributed by atoms with Crippen LogP contribution in [0.1, 0.15) is 33.6 Å². The molecule has 4 atom stereocenters. The smallest absolute Gasteiger partial charge is 0.337 e. The van der Waals surface area contributed by atoms with E-state index in [1.54, 1.807) is 20.1 Å². The van der Waals surface area contributed by atoms with Crippen LogP contribution in [-0.2, 0) is 23.8 Å². The van der Waals surface area contributed by atoms with E-state index in [1.165, 1.54) is 7.11 Å². The quantitative estimate of drug-likeness (QED) is 0.732. The lowest BCUT2D eigenvalue weighted by Gasteiger charge is -2.51. The molecule has 0 saturated heterocycles. The highest BCUT2D eigenvalue weighted by atomic mass is 16.7. The lowest BCUT2D eigenvalue weighted by Crippen LogP contribution is -2.55. The van der Waals surface area contributed by atoms with E-state index in [4.69, 9.17) is 14.2 Å². The maximum atomic E-state index is 12.5. The Balaban J connectivity index is 2.31. The Kier molecular flexibility index (Phi) is 3.34. The number of rotatable bonds is 2. The monoisotopic (exact) mass is 306 g/mol. The van der Waals surface area contributed by atoms with Gasteiger partial charge >= 0.3 is 5.97 Å². The number of carbonyl (C=O) groups is 2. The molecule has 1 saturated carbocycles. The molecule has 0 aromatic rings. The van der Waals surface area contributed by atoms with Gasteiger partial charge in [-0.05, 0) is 25.3 Å². The topological polar surface area (TPSA) is 61.8 Å².